The molecule has 0 saturated heterocycles. The number of halogens is 1. The Morgan fingerprint density at radius 2 is 1.63 bits per heavy atom. The van der Waals surface area contributed by atoms with E-state index in [0.717, 1.165) is 27.9 Å². The number of para-hydroxylation sites is 1. The number of benzene rings is 3. The maximum absolute atomic E-state index is 13.6. The first-order valence-corrected chi connectivity index (χ1v) is 10.7. The molecule has 0 amide bonds. The smallest absolute Gasteiger partial charge is 0.186 e. The first kappa shape index (κ1) is 20.4. The van der Waals surface area contributed by atoms with Gasteiger partial charge in [0.1, 0.15) is 0 Å². The van der Waals surface area contributed by atoms with Gasteiger partial charge in [-0.25, -0.2) is 0 Å². The molecule has 2 atom stereocenters. The summed E-state index contributed by atoms with van der Waals surface area (Å²) >= 11 is 6.05. The Morgan fingerprint density at radius 1 is 0.933 bits per heavy atom. The van der Waals surface area contributed by atoms with Crippen molar-refractivity contribution in [3.05, 3.63) is 107 Å². The van der Waals surface area contributed by atoms with Gasteiger partial charge in [-0.05, 0) is 41.7 Å². The molecule has 0 radical (unpaired) electrons. The lowest BCUT2D eigenvalue weighted by Crippen LogP contribution is -2.32. The van der Waals surface area contributed by atoms with Crippen LogP contribution in [0.1, 0.15) is 46.8 Å². The van der Waals surface area contributed by atoms with Gasteiger partial charge in [0.2, 0.25) is 0 Å². The number of nitrogens with one attached hydrogen (secondary N) is 2. The second-order valence-electron chi connectivity index (χ2n) is 7.52. The Hall–Kier alpha value is -2.88. The Bertz CT molecular complexity index is 1120. The third kappa shape index (κ3) is 4.33. The minimum atomic E-state index is -0.410. The van der Waals surface area contributed by atoms with E-state index >= 15 is 0 Å². The molecular weight excluding hydrogens is 392 g/mol. The Morgan fingerprint density at radius 3 is 2.37 bits per heavy atom. The van der Waals surface area contributed by atoms with E-state index in [1.54, 1.807) is 0 Å². The minimum absolute atomic E-state index is 0.0737. The molecule has 0 aliphatic rings. The van der Waals surface area contributed by atoms with Crippen molar-refractivity contribution >= 4 is 28.3 Å². The van der Waals surface area contributed by atoms with Gasteiger partial charge in [0, 0.05) is 34.2 Å². The highest BCUT2D eigenvalue weighted by atomic mass is 35.5. The molecule has 152 valence electrons. The third-order valence-electron chi connectivity index (χ3n) is 5.65. The van der Waals surface area contributed by atoms with Gasteiger partial charge >= 0.3 is 0 Å². The molecule has 3 aromatic carbocycles. The summed E-state index contributed by atoms with van der Waals surface area (Å²) in [5.41, 5.74) is 3.88. The topological polar surface area (TPSA) is 44.9 Å². The number of hydrogen-bond acceptors (Lipinski definition) is 2. The molecule has 4 rings (SSSR count). The zero-order valence-corrected chi connectivity index (χ0v) is 17.7. The quantitative estimate of drug-likeness (QED) is 0.321. The predicted molar refractivity (Wildman–Crippen MR) is 124 cm³/mol. The molecule has 1 aromatic heterocycles. The highest BCUT2D eigenvalue weighted by Crippen LogP contribution is 2.27. The van der Waals surface area contributed by atoms with Crippen LogP contribution in [0.3, 0.4) is 0 Å². The molecule has 3 nitrogen and oxygen atoms in total. The van der Waals surface area contributed by atoms with E-state index in [0.29, 0.717) is 18.0 Å². The van der Waals surface area contributed by atoms with E-state index in [-0.39, 0.29) is 5.78 Å². The molecule has 4 heteroatoms. The van der Waals surface area contributed by atoms with Gasteiger partial charge in [-0.3, -0.25) is 4.79 Å². The SMILES string of the molecule is CC[C@@H](CNC(C(=O)c1c[nH]c2ccccc12)c1ccccc1)c1ccc(Cl)cc1. The lowest BCUT2D eigenvalue weighted by atomic mass is 9.93. The van der Waals surface area contributed by atoms with E-state index in [4.69, 9.17) is 11.6 Å². The molecule has 0 saturated carbocycles. The summed E-state index contributed by atoms with van der Waals surface area (Å²) in [6.45, 7) is 2.87. The van der Waals surface area contributed by atoms with Crippen molar-refractivity contribution in [1.29, 1.82) is 0 Å². The fourth-order valence-electron chi connectivity index (χ4n) is 3.93. The highest BCUT2D eigenvalue weighted by molar-refractivity contribution is 6.30. The largest absolute Gasteiger partial charge is 0.360 e. The van der Waals surface area contributed by atoms with Gasteiger partial charge in [0.05, 0.1) is 6.04 Å². The molecular formula is C26H25ClN2O. The molecule has 0 spiro atoms. The van der Waals surface area contributed by atoms with Crippen LogP contribution < -0.4 is 5.32 Å². The van der Waals surface area contributed by atoms with E-state index < -0.39 is 6.04 Å². The molecule has 0 aliphatic heterocycles. The molecule has 1 unspecified atom stereocenters. The lowest BCUT2D eigenvalue weighted by molar-refractivity contribution is 0.0943. The summed E-state index contributed by atoms with van der Waals surface area (Å²) in [6.07, 6.45) is 2.79. The number of H-pyrrole nitrogens is 1. The Kier molecular flexibility index (Phi) is 6.32. The van der Waals surface area contributed by atoms with Crippen LogP contribution in [0.5, 0.6) is 0 Å². The normalized spacial score (nSPS) is 13.3. The van der Waals surface area contributed by atoms with Crippen LogP contribution in [0.4, 0.5) is 0 Å². The summed E-state index contributed by atoms with van der Waals surface area (Å²) in [6, 6.07) is 25.4. The van der Waals surface area contributed by atoms with E-state index in [2.05, 4.69) is 29.4 Å². The monoisotopic (exact) mass is 416 g/mol. The average Bonchev–Trinajstić information content (AvgIpc) is 3.22. The van der Waals surface area contributed by atoms with Gasteiger partial charge in [-0.1, -0.05) is 79.2 Å². The van der Waals surface area contributed by atoms with Gasteiger partial charge in [-0.15, -0.1) is 0 Å². The number of fused-ring (bicyclic) bond motifs is 1. The second-order valence-corrected chi connectivity index (χ2v) is 7.96. The van der Waals surface area contributed by atoms with Crippen LogP contribution in [0.25, 0.3) is 10.9 Å². The zero-order chi connectivity index (χ0) is 20.9. The van der Waals surface area contributed by atoms with Gasteiger partial charge in [-0.2, -0.15) is 0 Å². The molecule has 0 fully saturated rings. The lowest BCUT2D eigenvalue weighted by Gasteiger charge is -2.22. The molecule has 2 N–H and O–H groups in total. The second kappa shape index (κ2) is 9.29. The van der Waals surface area contributed by atoms with Gasteiger partial charge in [0.25, 0.3) is 0 Å². The highest BCUT2D eigenvalue weighted by Gasteiger charge is 2.25. The Labute approximate surface area is 182 Å². The fourth-order valence-corrected chi connectivity index (χ4v) is 4.06. The zero-order valence-electron chi connectivity index (χ0n) is 16.9. The maximum Gasteiger partial charge on any atom is 0.186 e. The molecule has 4 aromatic rings. The number of carbonyl (C=O) groups excluding carboxylic acids is 1. The van der Waals surface area contributed by atoms with Crippen molar-refractivity contribution in [1.82, 2.24) is 10.3 Å². The summed E-state index contributed by atoms with van der Waals surface area (Å²) < 4.78 is 0. The van der Waals surface area contributed by atoms with Crippen molar-refractivity contribution in [3.8, 4) is 0 Å². The molecule has 1 heterocycles. The number of rotatable bonds is 8. The third-order valence-corrected chi connectivity index (χ3v) is 5.90. The van der Waals surface area contributed by atoms with Crippen molar-refractivity contribution in [3.63, 3.8) is 0 Å². The summed E-state index contributed by atoms with van der Waals surface area (Å²) in [5, 5.41) is 5.24. The van der Waals surface area contributed by atoms with Crippen LogP contribution in [0.15, 0.2) is 85.1 Å². The maximum atomic E-state index is 13.6. The summed E-state index contributed by atoms with van der Waals surface area (Å²) in [4.78, 5) is 16.8. The van der Waals surface area contributed by atoms with Crippen LogP contribution in [-0.4, -0.2) is 17.3 Å². The Balaban J connectivity index is 1.62. The summed E-state index contributed by atoms with van der Waals surface area (Å²) in [7, 11) is 0. The first-order valence-electron chi connectivity index (χ1n) is 10.3. The first-order chi connectivity index (χ1) is 14.7. The summed E-state index contributed by atoms with van der Waals surface area (Å²) in [5.74, 6) is 0.369. The van der Waals surface area contributed by atoms with Crippen LogP contribution in [-0.2, 0) is 0 Å². The molecule has 30 heavy (non-hydrogen) atoms. The van der Waals surface area contributed by atoms with Crippen molar-refractivity contribution in [2.24, 2.45) is 0 Å². The predicted octanol–water partition coefficient (Wildman–Crippen LogP) is 6.53. The fraction of sp³-hybridized carbons (Fsp3) is 0.192. The number of aromatic nitrogens is 1. The van der Waals surface area contributed by atoms with Crippen LogP contribution in [0.2, 0.25) is 5.02 Å². The number of ketones is 1. The molecule has 0 aliphatic carbocycles. The van der Waals surface area contributed by atoms with Crippen molar-refractivity contribution in [2.45, 2.75) is 25.3 Å². The average molecular weight is 417 g/mol. The molecule has 0 bridgehead atoms. The number of hydrogen-bond donors (Lipinski definition) is 2. The van der Waals surface area contributed by atoms with Crippen molar-refractivity contribution in [2.75, 3.05) is 6.54 Å². The van der Waals surface area contributed by atoms with Gasteiger partial charge in [0.15, 0.2) is 5.78 Å². The minimum Gasteiger partial charge on any atom is -0.360 e. The van der Waals surface area contributed by atoms with Crippen LogP contribution in [0, 0.1) is 0 Å². The van der Waals surface area contributed by atoms with Gasteiger partial charge < -0.3 is 10.3 Å². The van der Waals surface area contributed by atoms with E-state index in [1.807, 2.05) is 72.9 Å². The van der Waals surface area contributed by atoms with Crippen LogP contribution >= 0.6 is 11.6 Å². The number of aromatic amines is 1. The number of carbonyl (C=O) groups is 1. The van der Waals surface area contributed by atoms with E-state index in [9.17, 15) is 4.79 Å². The van der Waals surface area contributed by atoms with E-state index in [1.165, 1.54) is 5.56 Å². The van der Waals surface area contributed by atoms with Crippen molar-refractivity contribution < 1.29 is 4.79 Å². The standard InChI is InChI=1S/C26H25ClN2O/c1-2-18(19-12-14-21(27)15-13-19)16-29-25(20-8-4-3-5-9-20)26(30)23-17-28-24-11-7-6-10-22(23)24/h3-15,17-18,25,28-29H,2,16H2,1H3/t18-,25?/m0/s1. The number of Topliss-reactive ketones (excluding diaryl/α,β-unsaturated/α-hetero) is 1.